The Morgan fingerprint density at radius 3 is 1.43 bits per heavy atom. The summed E-state index contributed by atoms with van der Waals surface area (Å²) in [6.07, 6.45) is 0. The summed E-state index contributed by atoms with van der Waals surface area (Å²) >= 11 is 0. The van der Waals surface area contributed by atoms with Crippen molar-refractivity contribution in [1.29, 1.82) is 10.5 Å². The molecule has 0 atom stereocenters. The first-order valence-electron chi connectivity index (χ1n) is 8.19. The van der Waals surface area contributed by atoms with Gasteiger partial charge >= 0.3 is 0 Å². The molecule has 2 amide bonds. The smallest absolute Gasteiger partial charge is 0.256 e. The van der Waals surface area contributed by atoms with Crippen LogP contribution in [0.3, 0.4) is 0 Å². The zero-order valence-electron chi connectivity index (χ0n) is 14.5. The quantitative estimate of drug-likeness (QED) is 0.733. The van der Waals surface area contributed by atoms with E-state index in [4.69, 9.17) is 10.5 Å². The summed E-state index contributed by atoms with van der Waals surface area (Å²) in [6, 6.07) is 21.2. The van der Waals surface area contributed by atoms with Gasteiger partial charge in [0.25, 0.3) is 11.8 Å². The van der Waals surface area contributed by atoms with Crippen molar-refractivity contribution in [2.45, 2.75) is 0 Å². The Morgan fingerprint density at radius 2 is 1.07 bits per heavy atom. The van der Waals surface area contributed by atoms with Gasteiger partial charge in [0, 0.05) is 11.1 Å². The number of carbonyl (C=O) groups excluding carboxylic acids is 2. The zero-order chi connectivity index (χ0) is 19.9. The fourth-order valence-corrected chi connectivity index (χ4v) is 2.34. The number of amides is 2. The highest BCUT2D eigenvalue weighted by molar-refractivity contribution is 6.05. The number of pyridine rings is 1. The molecule has 0 saturated heterocycles. The molecule has 3 rings (SSSR count). The van der Waals surface area contributed by atoms with E-state index in [1.54, 1.807) is 66.7 Å². The third-order valence-corrected chi connectivity index (χ3v) is 3.78. The average Bonchev–Trinajstić information content (AvgIpc) is 2.74. The van der Waals surface area contributed by atoms with E-state index in [1.165, 1.54) is 0 Å². The van der Waals surface area contributed by atoms with Gasteiger partial charge in [0.05, 0.1) is 23.3 Å². The van der Waals surface area contributed by atoms with Crippen LogP contribution >= 0.6 is 0 Å². The van der Waals surface area contributed by atoms with Gasteiger partial charge in [-0.05, 0) is 60.7 Å². The van der Waals surface area contributed by atoms with Crippen LogP contribution in [0.15, 0.2) is 66.7 Å². The predicted octanol–water partition coefficient (Wildman–Crippen LogP) is 3.33. The summed E-state index contributed by atoms with van der Waals surface area (Å²) in [6.45, 7) is 0. The fourth-order valence-electron chi connectivity index (χ4n) is 2.34. The van der Waals surface area contributed by atoms with Crippen LogP contribution in [0.4, 0.5) is 11.6 Å². The number of anilines is 2. The number of nitrogens with one attached hydrogen (secondary N) is 2. The molecule has 1 aromatic heterocycles. The lowest BCUT2D eigenvalue weighted by Crippen LogP contribution is -2.15. The maximum absolute atomic E-state index is 12.3. The van der Waals surface area contributed by atoms with Gasteiger partial charge in [-0.1, -0.05) is 6.07 Å². The molecule has 28 heavy (non-hydrogen) atoms. The summed E-state index contributed by atoms with van der Waals surface area (Å²) in [4.78, 5) is 28.8. The van der Waals surface area contributed by atoms with Crippen molar-refractivity contribution in [3.8, 4) is 12.1 Å². The van der Waals surface area contributed by atoms with Gasteiger partial charge in [0.2, 0.25) is 0 Å². The largest absolute Gasteiger partial charge is 0.306 e. The number of hydrogen-bond donors (Lipinski definition) is 2. The lowest BCUT2D eigenvalue weighted by molar-refractivity contribution is 0.101. The van der Waals surface area contributed by atoms with E-state index in [0.717, 1.165) is 0 Å². The lowest BCUT2D eigenvalue weighted by Gasteiger charge is -2.08. The fraction of sp³-hybridized carbons (Fsp3) is 0. The van der Waals surface area contributed by atoms with E-state index >= 15 is 0 Å². The molecule has 0 radical (unpaired) electrons. The van der Waals surface area contributed by atoms with Crippen LogP contribution in [0.5, 0.6) is 0 Å². The average molecular weight is 367 g/mol. The predicted molar refractivity (Wildman–Crippen MR) is 102 cm³/mol. The van der Waals surface area contributed by atoms with E-state index in [1.807, 2.05) is 12.1 Å². The summed E-state index contributed by atoms with van der Waals surface area (Å²) in [5.41, 5.74) is 1.69. The Balaban J connectivity index is 1.69. The van der Waals surface area contributed by atoms with Crippen molar-refractivity contribution >= 4 is 23.5 Å². The first-order valence-corrected chi connectivity index (χ1v) is 8.19. The van der Waals surface area contributed by atoms with Crippen molar-refractivity contribution in [1.82, 2.24) is 4.98 Å². The molecule has 1 heterocycles. The Labute approximate surface area is 160 Å². The van der Waals surface area contributed by atoms with Crippen LogP contribution in [-0.4, -0.2) is 16.8 Å². The Bertz CT molecular complexity index is 1020. The molecule has 0 fully saturated rings. The molecule has 0 aliphatic rings. The standard InChI is InChI=1S/C21H13N5O2/c22-12-14-4-8-16(9-5-14)20(27)25-18-2-1-3-19(24-18)26-21(28)17-10-6-15(13-23)7-11-17/h1-11H,(H2,24,25,26,27,28). The molecule has 0 aliphatic carbocycles. The minimum atomic E-state index is -0.382. The van der Waals surface area contributed by atoms with Gasteiger partial charge in [-0.2, -0.15) is 10.5 Å². The Morgan fingerprint density at radius 1 is 0.679 bits per heavy atom. The van der Waals surface area contributed by atoms with Crippen LogP contribution in [-0.2, 0) is 0 Å². The van der Waals surface area contributed by atoms with E-state index in [2.05, 4.69) is 15.6 Å². The van der Waals surface area contributed by atoms with Gasteiger partial charge in [-0.3, -0.25) is 9.59 Å². The number of benzene rings is 2. The maximum atomic E-state index is 12.3. The summed E-state index contributed by atoms with van der Waals surface area (Å²) in [5, 5.41) is 22.9. The number of nitriles is 2. The van der Waals surface area contributed by atoms with Crippen LogP contribution in [0.1, 0.15) is 31.8 Å². The third-order valence-electron chi connectivity index (χ3n) is 3.78. The number of aromatic nitrogens is 1. The highest BCUT2D eigenvalue weighted by Gasteiger charge is 2.10. The van der Waals surface area contributed by atoms with Crippen molar-refractivity contribution in [2.24, 2.45) is 0 Å². The second kappa shape index (κ2) is 8.26. The maximum Gasteiger partial charge on any atom is 0.256 e. The number of rotatable bonds is 4. The molecule has 7 nitrogen and oxygen atoms in total. The molecule has 0 spiro atoms. The monoisotopic (exact) mass is 367 g/mol. The van der Waals surface area contributed by atoms with Crippen LogP contribution in [0.2, 0.25) is 0 Å². The van der Waals surface area contributed by atoms with E-state index < -0.39 is 0 Å². The second-order valence-electron chi connectivity index (χ2n) is 5.69. The summed E-state index contributed by atoms with van der Waals surface area (Å²) < 4.78 is 0. The van der Waals surface area contributed by atoms with E-state index in [0.29, 0.717) is 22.3 Å². The molecule has 7 heteroatoms. The first-order chi connectivity index (χ1) is 13.6. The summed E-state index contributed by atoms with van der Waals surface area (Å²) in [7, 11) is 0. The second-order valence-corrected chi connectivity index (χ2v) is 5.69. The van der Waals surface area contributed by atoms with Crippen molar-refractivity contribution in [3.05, 3.63) is 89.0 Å². The highest BCUT2D eigenvalue weighted by atomic mass is 16.2. The van der Waals surface area contributed by atoms with Crippen molar-refractivity contribution in [2.75, 3.05) is 10.6 Å². The van der Waals surface area contributed by atoms with Gasteiger partial charge in [-0.25, -0.2) is 4.98 Å². The highest BCUT2D eigenvalue weighted by Crippen LogP contribution is 2.13. The molecule has 0 bridgehead atoms. The molecule has 2 N–H and O–H groups in total. The Kier molecular flexibility index (Phi) is 5.40. The number of hydrogen-bond acceptors (Lipinski definition) is 5. The molecule has 0 aliphatic heterocycles. The minimum Gasteiger partial charge on any atom is -0.306 e. The Hall–Kier alpha value is -4.49. The van der Waals surface area contributed by atoms with Crippen molar-refractivity contribution < 1.29 is 9.59 Å². The van der Waals surface area contributed by atoms with Gasteiger partial charge in [-0.15, -0.1) is 0 Å². The summed E-state index contributed by atoms with van der Waals surface area (Å²) in [5.74, 6) is -0.223. The van der Waals surface area contributed by atoms with Crippen LogP contribution < -0.4 is 10.6 Å². The van der Waals surface area contributed by atoms with E-state index in [9.17, 15) is 9.59 Å². The number of nitrogens with zero attached hydrogens (tertiary/aromatic N) is 3. The normalized spacial score (nSPS) is 9.64. The molecule has 3 aromatic rings. The van der Waals surface area contributed by atoms with Gasteiger partial charge < -0.3 is 10.6 Å². The SMILES string of the molecule is N#Cc1ccc(C(=O)Nc2cccc(NC(=O)c3ccc(C#N)cc3)n2)cc1. The molecule has 0 unspecified atom stereocenters. The molecular formula is C21H13N5O2. The minimum absolute atomic E-state index is 0.270. The van der Waals surface area contributed by atoms with Crippen molar-refractivity contribution in [3.63, 3.8) is 0 Å². The molecule has 2 aromatic carbocycles. The number of carbonyl (C=O) groups is 2. The molecular weight excluding hydrogens is 354 g/mol. The van der Waals surface area contributed by atoms with Gasteiger partial charge in [0.1, 0.15) is 11.6 Å². The van der Waals surface area contributed by atoms with Crippen LogP contribution in [0, 0.1) is 22.7 Å². The van der Waals surface area contributed by atoms with Crippen LogP contribution in [0.25, 0.3) is 0 Å². The molecule has 0 saturated carbocycles. The molecule has 134 valence electrons. The van der Waals surface area contributed by atoms with Gasteiger partial charge in [0.15, 0.2) is 0 Å². The van der Waals surface area contributed by atoms with E-state index in [-0.39, 0.29) is 23.5 Å². The zero-order valence-corrected chi connectivity index (χ0v) is 14.5. The first kappa shape index (κ1) is 18.3. The third kappa shape index (κ3) is 4.37. The topological polar surface area (TPSA) is 119 Å². The lowest BCUT2D eigenvalue weighted by atomic mass is 10.1.